The lowest BCUT2D eigenvalue weighted by Gasteiger charge is -2.19. The van der Waals surface area contributed by atoms with Gasteiger partial charge in [0.15, 0.2) is 0 Å². The van der Waals surface area contributed by atoms with Crippen LogP contribution in [-0.4, -0.2) is 11.1 Å². The lowest BCUT2D eigenvalue weighted by atomic mass is 10.0. The van der Waals surface area contributed by atoms with Crippen molar-refractivity contribution >= 4 is 17.2 Å². The number of hydrogen-bond acceptors (Lipinski definition) is 2. The SMILES string of the molecule is CCC(CC(N)=S)Oc1cc(C(C)C)ccc1C. The lowest BCUT2D eigenvalue weighted by Crippen LogP contribution is -2.23. The maximum Gasteiger partial charge on any atom is 0.122 e. The molecule has 1 aromatic rings. The predicted octanol–water partition coefficient (Wildman–Crippen LogP) is 3.95. The largest absolute Gasteiger partial charge is 0.490 e. The van der Waals surface area contributed by atoms with Crippen molar-refractivity contribution in [2.75, 3.05) is 0 Å². The summed E-state index contributed by atoms with van der Waals surface area (Å²) in [4.78, 5) is 0.513. The summed E-state index contributed by atoms with van der Waals surface area (Å²) in [5.41, 5.74) is 8.04. The molecule has 0 aliphatic heterocycles. The first kappa shape index (κ1) is 15.0. The molecule has 1 unspecified atom stereocenters. The molecule has 0 amide bonds. The van der Waals surface area contributed by atoms with E-state index in [0.717, 1.165) is 17.7 Å². The summed E-state index contributed by atoms with van der Waals surface area (Å²) < 4.78 is 6.03. The van der Waals surface area contributed by atoms with Gasteiger partial charge in [0.1, 0.15) is 11.9 Å². The van der Waals surface area contributed by atoms with Gasteiger partial charge in [-0.05, 0) is 36.5 Å². The maximum absolute atomic E-state index is 6.03. The zero-order valence-electron chi connectivity index (χ0n) is 11.7. The highest BCUT2D eigenvalue weighted by atomic mass is 32.1. The Morgan fingerprint density at radius 2 is 2.06 bits per heavy atom. The minimum atomic E-state index is 0.0728. The molecular weight excluding hydrogens is 242 g/mol. The molecule has 2 nitrogen and oxygen atoms in total. The molecule has 0 saturated carbocycles. The second kappa shape index (κ2) is 6.74. The molecule has 0 aliphatic carbocycles. The Hall–Kier alpha value is -1.09. The molecule has 0 bridgehead atoms. The second-order valence-corrected chi connectivity index (χ2v) is 5.52. The van der Waals surface area contributed by atoms with Gasteiger partial charge in [0.05, 0.1) is 4.99 Å². The van der Waals surface area contributed by atoms with E-state index in [2.05, 4.69) is 45.9 Å². The lowest BCUT2D eigenvalue weighted by molar-refractivity contribution is 0.204. The van der Waals surface area contributed by atoms with Gasteiger partial charge in [0.2, 0.25) is 0 Å². The van der Waals surface area contributed by atoms with Gasteiger partial charge in [-0.25, -0.2) is 0 Å². The topological polar surface area (TPSA) is 35.2 Å². The van der Waals surface area contributed by atoms with E-state index < -0.39 is 0 Å². The number of rotatable bonds is 6. The van der Waals surface area contributed by atoms with E-state index in [9.17, 15) is 0 Å². The Morgan fingerprint density at radius 1 is 1.39 bits per heavy atom. The number of hydrogen-bond donors (Lipinski definition) is 1. The van der Waals surface area contributed by atoms with Crippen LogP contribution >= 0.6 is 12.2 Å². The molecule has 0 spiro atoms. The Morgan fingerprint density at radius 3 is 2.56 bits per heavy atom. The van der Waals surface area contributed by atoms with Gasteiger partial charge in [-0.1, -0.05) is 45.1 Å². The van der Waals surface area contributed by atoms with Crippen LogP contribution in [-0.2, 0) is 0 Å². The van der Waals surface area contributed by atoms with Crippen molar-refractivity contribution in [1.82, 2.24) is 0 Å². The van der Waals surface area contributed by atoms with Crippen LogP contribution in [0.1, 0.15) is 50.7 Å². The molecule has 3 heteroatoms. The first-order valence-corrected chi connectivity index (χ1v) is 6.90. The van der Waals surface area contributed by atoms with E-state index in [4.69, 9.17) is 22.7 Å². The van der Waals surface area contributed by atoms with Crippen molar-refractivity contribution in [3.05, 3.63) is 29.3 Å². The molecule has 0 radical (unpaired) electrons. The van der Waals surface area contributed by atoms with Crippen LogP contribution < -0.4 is 10.5 Å². The fraction of sp³-hybridized carbons (Fsp3) is 0.533. The molecule has 1 atom stereocenters. The summed E-state index contributed by atoms with van der Waals surface area (Å²) in [6.07, 6.45) is 1.61. The van der Waals surface area contributed by atoms with Crippen LogP contribution in [0.4, 0.5) is 0 Å². The van der Waals surface area contributed by atoms with Crippen LogP contribution in [0.2, 0.25) is 0 Å². The van der Waals surface area contributed by atoms with Crippen molar-refractivity contribution in [3.8, 4) is 5.75 Å². The van der Waals surface area contributed by atoms with Gasteiger partial charge in [-0.2, -0.15) is 0 Å². The third-order valence-corrected chi connectivity index (χ3v) is 3.22. The summed E-state index contributed by atoms with van der Waals surface area (Å²) in [6.45, 7) is 8.51. The van der Waals surface area contributed by atoms with Crippen molar-refractivity contribution in [2.45, 2.75) is 52.6 Å². The minimum Gasteiger partial charge on any atom is -0.490 e. The molecule has 0 aliphatic rings. The smallest absolute Gasteiger partial charge is 0.122 e. The van der Waals surface area contributed by atoms with Crippen molar-refractivity contribution in [3.63, 3.8) is 0 Å². The average Bonchev–Trinajstić information content (AvgIpc) is 2.29. The summed E-state index contributed by atoms with van der Waals surface area (Å²) >= 11 is 4.95. The number of aryl methyl sites for hydroxylation is 1. The summed E-state index contributed by atoms with van der Waals surface area (Å²) in [6, 6.07) is 6.39. The van der Waals surface area contributed by atoms with E-state index in [1.54, 1.807) is 0 Å². The highest BCUT2D eigenvalue weighted by Crippen LogP contribution is 2.26. The highest BCUT2D eigenvalue weighted by Gasteiger charge is 2.12. The van der Waals surface area contributed by atoms with Crippen LogP contribution in [0, 0.1) is 6.92 Å². The van der Waals surface area contributed by atoms with Gasteiger partial charge in [-0.3, -0.25) is 0 Å². The normalized spacial score (nSPS) is 12.5. The third kappa shape index (κ3) is 4.30. The number of thiocarbonyl (C=S) groups is 1. The van der Waals surface area contributed by atoms with E-state index in [1.807, 2.05) is 0 Å². The van der Waals surface area contributed by atoms with Gasteiger partial charge in [-0.15, -0.1) is 0 Å². The molecule has 18 heavy (non-hydrogen) atoms. The standard InChI is InChI=1S/C15H23NOS/c1-5-13(9-15(16)18)17-14-8-12(10(2)3)7-6-11(14)4/h6-8,10,13H,5,9H2,1-4H3,(H2,16,18). The second-order valence-electron chi connectivity index (χ2n) is 5.00. The Balaban J connectivity index is 2.87. The zero-order valence-corrected chi connectivity index (χ0v) is 12.5. The molecule has 2 N–H and O–H groups in total. The Kier molecular flexibility index (Phi) is 5.60. The molecule has 100 valence electrons. The van der Waals surface area contributed by atoms with Gasteiger partial charge in [0, 0.05) is 6.42 Å². The molecule has 0 saturated heterocycles. The molecule has 1 rings (SSSR count). The van der Waals surface area contributed by atoms with Crippen molar-refractivity contribution in [1.29, 1.82) is 0 Å². The molecular formula is C15H23NOS. The summed E-state index contributed by atoms with van der Waals surface area (Å²) in [5, 5.41) is 0. The monoisotopic (exact) mass is 265 g/mol. The van der Waals surface area contributed by atoms with Gasteiger partial charge in [0.25, 0.3) is 0 Å². The molecule has 1 aromatic carbocycles. The van der Waals surface area contributed by atoms with Crippen LogP contribution in [0.3, 0.4) is 0 Å². The van der Waals surface area contributed by atoms with E-state index in [1.165, 1.54) is 5.56 Å². The Labute approximate surface area is 116 Å². The third-order valence-electron chi connectivity index (χ3n) is 3.06. The van der Waals surface area contributed by atoms with Crippen LogP contribution in [0.5, 0.6) is 5.75 Å². The molecule has 0 aromatic heterocycles. The fourth-order valence-electron chi connectivity index (χ4n) is 1.78. The number of benzene rings is 1. The van der Waals surface area contributed by atoms with Gasteiger partial charge < -0.3 is 10.5 Å². The van der Waals surface area contributed by atoms with Gasteiger partial charge >= 0.3 is 0 Å². The number of ether oxygens (including phenoxy) is 1. The minimum absolute atomic E-state index is 0.0728. The zero-order chi connectivity index (χ0) is 13.7. The van der Waals surface area contributed by atoms with E-state index in [0.29, 0.717) is 17.3 Å². The number of nitrogens with two attached hydrogens (primary N) is 1. The maximum atomic E-state index is 6.03. The predicted molar refractivity (Wildman–Crippen MR) is 81.4 cm³/mol. The first-order valence-electron chi connectivity index (χ1n) is 6.49. The van der Waals surface area contributed by atoms with E-state index >= 15 is 0 Å². The van der Waals surface area contributed by atoms with E-state index in [-0.39, 0.29) is 6.10 Å². The Bertz CT molecular complexity index is 415. The molecule has 0 fully saturated rings. The highest BCUT2D eigenvalue weighted by molar-refractivity contribution is 7.80. The van der Waals surface area contributed by atoms with Crippen molar-refractivity contribution < 1.29 is 4.74 Å². The van der Waals surface area contributed by atoms with Crippen LogP contribution in [0.15, 0.2) is 18.2 Å². The summed E-state index contributed by atoms with van der Waals surface area (Å²) in [5.74, 6) is 1.45. The van der Waals surface area contributed by atoms with Crippen molar-refractivity contribution in [2.24, 2.45) is 5.73 Å². The fourth-order valence-corrected chi connectivity index (χ4v) is 1.96. The molecule has 0 heterocycles. The average molecular weight is 265 g/mol. The van der Waals surface area contributed by atoms with Crippen LogP contribution in [0.25, 0.3) is 0 Å². The first-order chi connectivity index (χ1) is 8.43. The summed E-state index contributed by atoms with van der Waals surface area (Å²) in [7, 11) is 0. The quantitative estimate of drug-likeness (QED) is 0.791.